The highest BCUT2D eigenvalue weighted by molar-refractivity contribution is 5.89. The van der Waals surface area contributed by atoms with Crippen LogP contribution in [0.3, 0.4) is 0 Å². The number of ether oxygens (including phenoxy) is 3. The van der Waals surface area contributed by atoms with Gasteiger partial charge in [-0.05, 0) is 74.4 Å². The first-order valence-corrected chi connectivity index (χ1v) is 11.2. The summed E-state index contributed by atoms with van der Waals surface area (Å²) >= 11 is 0. The second-order valence-corrected chi connectivity index (χ2v) is 9.50. The van der Waals surface area contributed by atoms with Gasteiger partial charge in [0.1, 0.15) is 28.5 Å². The number of hydrogen-bond donors (Lipinski definition) is 1. The van der Waals surface area contributed by atoms with Crippen molar-refractivity contribution in [2.45, 2.75) is 51.2 Å². The number of carbonyl (C=O) groups excluding carboxylic acids is 2. The van der Waals surface area contributed by atoms with Crippen LogP contribution in [0, 0.1) is 5.82 Å². The van der Waals surface area contributed by atoms with Gasteiger partial charge in [-0.15, -0.1) is 0 Å². The molecule has 3 aromatic rings. The highest BCUT2D eigenvalue weighted by Crippen LogP contribution is 2.36. The van der Waals surface area contributed by atoms with Crippen molar-refractivity contribution in [3.63, 3.8) is 0 Å². The minimum absolute atomic E-state index is 0.218. The molecular formula is C27H28FNO5. The Morgan fingerprint density at radius 1 is 1.03 bits per heavy atom. The van der Waals surface area contributed by atoms with E-state index in [1.165, 1.54) is 13.2 Å². The molecule has 0 aliphatic heterocycles. The van der Waals surface area contributed by atoms with Crippen LogP contribution in [0.25, 0.3) is 10.8 Å². The molecule has 0 spiro atoms. The second kappa shape index (κ2) is 8.97. The average Bonchev–Trinajstić information content (AvgIpc) is 2.77. The third-order valence-corrected chi connectivity index (χ3v) is 5.85. The van der Waals surface area contributed by atoms with Crippen molar-refractivity contribution in [1.82, 2.24) is 5.32 Å². The SMILES string of the molecule is COC(=O)C1(NC(=O)OC(C)(C)C)CCc2ccc(Oc3cccc4cccc(F)c34)cc2C1. The van der Waals surface area contributed by atoms with Gasteiger partial charge in [0.2, 0.25) is 0 Å². The maximum atomic E-state index is 14.5. The Balaban J connectivity index is 1.64. The summed E-state index contributed by atoms with van der Waals surface area (Å²) < 4.78 is 31.0. The lowest BCUT2D eigenvalue weighted by molar-refractivity contribution is -0.149. The number of methoxy groups -OCH3 is 1. The fourth-order valence-corrected chi connectivity index (χ4v) is 4.34. The van der Waals surface area contributed by atoms with Crippen molar-refractivity contribution >= 4 is 22.8 Å². The minimum atomic E-state index is -1.26. The van der Waals surface area contributed by atoms with E-state index in [4.69, 9.17) is 14.2 Å². The fourth-order valence-electron chi connectivity index (χ4n) is 4.34. The number of halogens is 1. The van der Waals surface area contributed by atoms with Gasteiger partial charge in [0.25, 0.3) is 0 Å². The van der Waals surface area contributed by atoms with E-state index in [9.17, 15) is 14.0 Å². The van der Waals surface area contributed by atoms with Gasteiger partial charge in [0.15, 0.2) is 0 Å². The van der Waals surface area contributed by atoms with Gasteiger partial charge < -0.3 is 19.5 Å². The zero-order valence-electron chi connectivity index (χ0n) is 19.7. The molecule has 3 aromatic carbocycles. The molecule has 1 aliphatic rings. The normalized spacial score (nSPS) is 17.6. The quantitative estimate of drug-likeness (QED) is 0.501. The molecule has 1 N–H and O–H groups in total. The maximum Gasteiger partial charge on any atom is 0.408 e. The summed E-state index contributed by atoms with van der Waals surface area (Å²) in [4.78, 5) is 25.3. The van der Waals surface area contributed by atoms with Crippen LogP contribution in [0.1, 0.15) is 38.3 Å². The Morgan fingerprint density at radius 2 is 1.76 bits per heavy atom. The van der Waals surface area contributed by atoms with Crippen LogP contribution in [-0.4, -0.2) is 30.3 Å². The Hall–Kier alpha value is -3.61. The molecule has 1 aliphatic carbocycles. The Kier molecular flexibility index (Phi) is 6.21. The van der Waals surface area contributed by atoms with E-state index in [1.54, 1.807) is 32.9 Å². The number of fused-ring (bicyclic) bond motifs is 2. The van der Waals surface area contributed by atoms with Gasteiger partial charge >= 0.3 is 12.1 Å². The van der Waals surface area contributed by atoms with Gasteiger partial charge in [0.05, 0.1) is 12.5 Å². The number of nitrogens with one attached hydrogen (secondary N) is 1. The highest BCUT2D eigenvalue weighted by atomic mass is 19.1. The Morgan fingerprint density at radius 3 is 2.47 bits per heavy atom. The zero-order valence-corrected chi connectivity index (χ0v) is 19.7. The van der Waals surface area contributed by atoms with Crippen molar-refractivity contribution < 1.29 is 28.2 Å². The molecule has 0 saturated heterocycles. The van der Waals surface area contributed by atoms with Crippen LogP contribution in [-0.2, 0) is 27.1 Å². The van der Waals surface area contributed by atoms with Crippen molar-refractivity contribution in [2.24, 2.45) is 0 Å². The van der Waals surface area contributed by atoms with E-state index in [0.717, 1.165) is 16.5 Å². The lowest BCUT2D eigenvalue weighted by atomic mass is 9.78. The van der Waals surface area contributed by atoms with Gasteiger partial charge in [0, 0.05) is 6.42 Å². The Bertz CT molecular complexity index is 1240. The molecular weight excluding hydrogens is 437 g/mol. The first-order chi connectivity index (χ1) is 16.1. The number of benzene rings is 3. The van der Waals surface area contributed by atoms with E-state index in [2.05, 4.69) is 5.32 Å². The van der Waals surface area contributed by atoms with Gasteiger partial charge in [-0.25, -0.2) is 14.0 Å². The lowest BCUT2D eigenvalue weighted by Gasteiger charge is -2.36. The number of alkyl carbamates (subject to hydrolysis) is 1. The third-order valence-electron chi connectivity index (χ3n) is 5.85. The van der Waals surface area contributed by atoms with Crippen LogP contribution >= 0.6 is 0 Å². The highest BCUT2D eigenvalue weighted by Gasteiger charge is 2.44. The second-order valence-electron chi connectivity index (χ2n) is 9.50. The number of rotatable bonds is 4. The standard InChI is InChI=1S/C27H28FNO5/c1-26(2,3)34-25(31)29-27(24(30)32-4)14-13-17-11-12-20(15-19(17)16-27)33-22-10-6-8-18-7-5-9-21(28)23(18)22/h5-12,15H,13-14,16H2,1-4H3,(H,29,31). The largest absolute Gasteiger partial charge is 0.467 e. The van der Waals surface area contributed by atoms with Crippen LogP contribution in [0.4, 0.5) is 9.18 Å². The molecule has 6 nitrogen and oxygen atoms in total. The summed E-state index contributed by atoms with van der Waals surface area (Å²) in [5, 5.41) is 3.89. The number of hydrogen-bond acceptors (Lipinski definition) is 5. The average molecular weight is 466 g/mol. The molecule has 1 amide bonds. The predicted molar refractivity (Wildman–Crippen MR) is 127 cm³/mol. The monoisotopic (exact) mass is 465 g/mol. The number of esters is 1. The van der Waals surface area contributed by atoms with E-state index < -0.39 is 23.2 Å². The van der Waals surface area contributed by atoms with E-state index in [1.807, 2.05) is 36.4 Å². The maximum absolute atomic E-state index is 14.5. The molecule has 178 valence electrons. The smallest absolute Gasteiger partial charge is 0.408 e. The number of carbonyl (C=O) groups is 2. The summed E-state index contributed by atoms with van der Waals surface area (Å²) in [7, 11) is 1.30. The summed E-state index contributed by atoms with van der Waals surface area (Å²) in [6.07, 6.45) is 0.472. The van der Waals surface area contributed by atoms with Crippen molar-refractivity contribution in [3.05, 3.63) is 71.5 Å². The molecule has 4 rings (SSSR count). The molecule has 0 fully saturated rings. The molecule has 0 radical (unpaired) electrons. The topological polar surface area (TPSA) is 73.9 Å². The Labute approximate surface area is 198 Å². The van der Waals surface area contributed by atoms with E-state index >= 15 is 0 Å². The summed E-state index contributed by atoms with van der Waals surface area (Å²) in [6.45, 7) is 5.27. The van der Waals surface area contributed by atoms with Crippen molar-refractivity contribution in [1.29, 1.82) is 0 Å². The van der Waals surface area contributed by atoms with Crippen LogP contribution in [0.15, 0.2) is 54.6 Å². The molecule has 1 unspecified atom stereocenters. The summed E-state index contributed by atoms with van der Waals surface area (Å²) in [5.74, 6) is 0.00805. The third kappa shape index (κ3) is 4.83. The zero-order chi connectivity index (χ0) is 24.5. The van der Waals surface area contributed by atoms with Gasteiger partial charge in [-0.3, -0.25) is 0 Å². The summed E-state index contributed by atoms with van der Waals surface area (Å²) in [6, 6.07) is 15.8. The van der Waals surface area contributed by atoms with E-state index in [0.29, 0.717) is 29.7 Å². The number of amides is 1. The molecule has 0 saturated carbocycles. The lowest BCUT2D eigenvalue weighted by Crippen LogP contribution is -2.59. The number of aryl methyl sites for hydroxylation is 1. The van der Waals surface area contributed by atoms with Gasteiger partial charge in [-0.2, -0.15) is 0 Å². The molecule has 7 heteroatoms. The van der Waals surface area contributed by atoms with Crippen molar-refractivity contribution in [3.8, 4) is 11.5 Å². The summed E-state index contributed by atoms with van der Waals surface area (Å²) in [5.41, 5.74) is -0.0790. The molecule has 0 bridgehead atoms. The molecule has 1 atom stereocenters. The van der Waals surface area contributed by atoms with Crippen LogP contribution in [0.2, 0.25) is 0 Å². The van der Waals surface area contributed by atoms with Crippen LogP contribution in [0.5, 0.6) is 11.5 Å². The van der Waals surface area contributed by atoms with E-state index in [-0.39, 0.29) is 12.2 Å². The predicted octanol–water partition coefficient (Wildman–Crippen LogP) is 5.70. The molecule has 0 heterocycles. The first kappa shape index (κ1) is 23.5. The molecule has 34 heavy (non-hydrogen) atoms. The van der Waals surface area contributed by atoms with Crippen LogP contribution < -0.4 is 10.1 Å². The fraction of sp³-hybridized carbons (Fsp3) is 0.333. The minimum Gasteiger partial charge on any atom is -0.467 e. The van der Waals surface area contributed by atoms with Crippen molar-refractivity contribution in [2.75, 3.05) is 7.11 Å². The molecule has 0 aromatic heterocycles. The first-order valence-electron chi connectivity index (χ1n) is 11.2. The van der Waals surface area contributed by atoms with Gasteiger partial charge in [-0.1, -0.05) is 30.3 Å².